The molecule has 0 atom stereocenters. The molecule has 1 aromatic rings. The molecular weight excluding hydrogens is 209 g/mol. The van der Waals surface area contributed by atoms with Crippen LogP contribution in [0.25, 0.3) is 0 Å². The molecule has 76 valence electrons. The van der Waals surface area contributed by atoms with Crippen LogP contribution < -0.4 is 22.8 Å². The Kier molecular flexibility index (Phi) is 3.10. The molecule has 14 heavy (non-hydrogen) atoms. The van der Waals surface area contributed by atoms with Crippen LogP contribution in [0.1, 0.15) is 5.56 Å². The molecule has 0 saturated heterocycles. The number of hydrogen-bond acceptors (Lipinski definition) is 4. The number of nitrogens with zero attached hydrogens (tertiary/aromatic N) is 1. The molecule has 0 saturated carbocycles. The van der Waals surface area contributed by atoms with Crippen LogP contribution in [0.3, 0.4) is 0 Å². The van der Waals surface area contributed by atoms with Crippen LogP contribution >= 0.6 is 11.6 Å². The van der Waals surface area contributed by atoms with Crippen LogP contribution in [-0.2, 0) is 0 Å². The van der Waals surface area contributed by atoms with Gasteiger partial charge in [-0.15, -0.1) is 5.10 Å². The average Bonchev–Trinajstić information content (AvgIpc) is 2.11. The molecule has 7 N–H and O–H groups in total. The summed E-state index contributed by atoms with van der Waals surface area (Å²) in [5, 5.41) is 3.53. The summed E-state index contributed by atoms with van der Waals surface area (Å²) < 4.78 is 13.2. The van der Waals surface area contributed by atoms with Gasteiger partial charge in [0.05, 0.1) is 16.3 Å². The number of rotatable bonds is 2. The number of anilines is 1. The Bertz CT molecular complexity index is 379. The summed E-state index contributed by atoms with van der Waals surface area (Å²) in [7, 11) is 0. The van der Waals surface area contributed by atoms with E-state index in [1.807, 2.05) is 5.53 Å². The summed E-state index contributed by atoms with van der Waals surface area (Å²) in [6.07, 6.45) is 0. The predicted octanol–water partition coefficient (Wildman–Crippen LogP) is 0.145. The van der Waals surface area contributed by atoms with Gasteiger partial charge in [-0.1, -0.05) is 11.6 Å². The molecule has 0 spiro atoms. The standard InChI is InChI=1S/C7H9ClFN5/c8-4-2-5(9)3(1-6(4)10)7(11)13-14-12/h1-2,14H,10,12H2,(H2,11,13). The van der Waals surface area contributed by atoms with Crippen molar-refractivity contribution in [1.82, 2.24) is 5.53 Å². The number of hydrogen-bond donors (Lipinski definition) is 4. The number of benzene rings is 1. The number of hydrazine groups is 1. The Morgan fingerprint density at radius 1 is 1.50 bits per heavy atom. The average molecular weight is 218 g/mol. The highest BCUT2D eigenvalue weighted by Crippen LogP contribution is 2.22. The fourth-order valence-corrected chi connectivity index (χ4v) is 1.04. The second-order valence-corrected chi connectivity index (χ2v) is 2.89. The molecule has 1 rings (SSSR count). The minimum atomic E-state index is -0.610. The first-order valence-electron chi connectivity index (χ1n) is 3.60. The molecule has 0 radical (unpaired) electrons. The first kappa shape index (κ1) is 10.6. The number of nitrogens with one attached hydrogen (secondary N) is 1. The van der Waals surface area contributed by atoms with Crippen molar-refractivity contribution < 1.29 is 4.39 Å². The number of nitrogen functional groups attached to an aromatic ring is 1. The van der Waals surface area contributed by atoms with Gasteiger partial charge in [0.25, 0.3) is 0 Å². The molecule has 0 aliphatic heterocycles. The number of amidine groups is 1. The van der Waals surface area contributed by atoms with E-state index in [-0.39, 0.29) is 22.1 Å². The Hall–Kier alpha value is -1.53. The van der Waals surface area contributed by atoms with Crippen LogP contribution in [0.4, 0.5) is 10.1 Å². The zero-order chi connectivity index (χ0) is 10.7. The van der Waals surface area contributed by atoms with E-state index < -0.39 is 5.82 Å². The van der Waals surface area contributed by atoms with Gasteiger partial charge in [0.2, 0.25) is 0 Å². The van der Waals surface area contributed by atoms with Gasteiger partial charge in [0.15, 0.2) is 5.84 Å². The minimum absolute atomic E-state index is 0.0462. The number of halogens is 2. The molecule has 5 nitrogen and oxygen atoms in total. The van der Waals surface area contributed by atoms with Gasteiger partial charge in [-0.3, -0.25) is 0 Å². The molecule has 0 bridgehead atoms. The van der Waals surface area contributed by atoms with E-state index in [2.05, 4.69) is 5.10 Å². The maximum atomic E-state index is 13.2. The third kappa shape index (κ3) is 2.04. The monoisotopic (exact) mass is 217 g/mol. The summed E-state index contributed by atoms with van der Waals surface area (Å²) in [6, 6.07) is 2.35. The highest BCUT2D eigenvalue weighted by Gasteiger charge is 2.09. The lowest BCUT2D eigenvalue weighted by molar-refractivity contribution is 0.624. The van der Waals surface area contributed by atoms with Crippen LogP contribution in [-0.4, -0.2) is 5.84 Å². The van der Waals surface area contributed by atoms with Gasteiger partial charge in [0.1, 0.15) is 5.82 Å². The number of nitrogens with two attached hydrogens (primary N) is 3. The van der Waals surface area contributed by atoms with E-state index in [1.165, 1.54) is 6.07 Å². The quantitative estimate of drug-likeness (QED) is 0.186. The van der Waals surface area contributed by atoms with E-state index in [9.17, 15) is 4.39 Å². The molecule has 7 heteroatoms. The molecular formula is C7H9ClFN5. The Morgan fingerprint density at radius 2 is 2.14 bits per heavy atom. The first-order chi connectivity index (χ1) is 6.56. The zero-order valence-corrected chi connectivity index (χ0v) is 7.85. The van der Waals surface area contributed by atoms with E-state index in [0.717, 1.165) is 6.07 Å². The smallest absolute Gasteiger partial charge is 0.155 e. The summed E-state index contributed by atoms with van der Waals surface area (Å²) in [6.45, 7) is 0. The molecule has 0 aliphatic carbocycles. The minimum Gasteiger partial charge on any atom is -0.398 e. The summed E-state index contributed by atoms with van der Waals surface area (Å²) >= 11 is 5.58. The molecule has 1 aromatic carbocycles. The molecule has 0 aromatic heterocycles. The fraction of sp³-hybridized carbons (Fsp3) is 0. The third-order valence-electron chi connectivity index (χ3n) is 1.55. The second kappa shape index (κ2) is 4.12. The third-order valence-corrected chi connectivity index (χ3v) is 1.87. The van der Waals surface area contributed by atoms with Crippen molar-refractivity contribution in [2.45, 2.75) is 0 Å². The lowest BCUT2D eigenvalue weighted by atomic mass is 10.2. The van der Waals surface area contributed by atoms with Crippen molar-refractivity contribution in [3.8, 4) is 0 Å². The Morgan fingerprint density at radius 3 is 2.71 bits per heavy atom. The Balaban J connectivity index is 3.22. The van der Waals surface area contributed by atoms with E-state index in [0.29, 0.717) is 0 Å². The van der Waals surface area contributed by atoms with Gasteiger partial charge >= 0.3 is 0 Å². The summed E-state index contributed by atoms with van der Waals surface area (Å²) in [4.78, 5) is 0. The van der Waals surface area contributed by atoms with E-state index >= 15 is 0 Å². The van der Waals surface area contributed by atoms with Crippen LogP contribution in [0.5, 0.6) is 0 Å². The topological polar surface area (TPSA) is 102 Å². The van der Waals surface area contributed by atoms with Gasteiger partial charge in [0, 0.05) is 0 Å². The Labute approximate surface area is 84.7 Å². The normalized spacial score (nSPS) is 11.5. The summed E-state index contributed by atoms with van der Waals surface area (Å²) in [5.74, 6) is 4.17. The van der Waals surface area contributed by atoms with Crippen LogP contribution in [0.2, 0.25) is 5.02 Å². The fourth-order valence-electron chi connectivity index (χ4n) is 0.892. The van der Waals surface area contributed by atoms with Crippen molar-refractivity contribution in [2.75, 3.05) is 5.73 Å². The molecule has 0 unspecified atom stereocenters. The predicted molar refractivity (Wildman–Crippen MR) is 53.9 cm³/mol. The van der Waals surface area contributed by atoms with Crippen molar-refractivity contribution in [1.29, 1.82) is 0 Å². The van der Waals surface area contributed by atoms with Crippen molar-refractivity contribution >= 4 is 23.1 Å². The highest BCUT2D eigenvalue weighted by atomic mass is 35.5. The SMILES string of the molecule is NN/N=C(\N)c1cc(N)c(Cl)cc1F. The maximum Gasteiger partial charge on any atom is 0.155 e. The number of hydrazone groups is 1. The van der Waals surface area contributed by atoms with E-state index in [1.54, 1.807) is 0 Å². The molecule has 0 heterocycles. The van der Waals surface area contributed by atoms with Crippen molar-refractivity contribution in [3.63, 3.8) is 0 Å². The van der Waals surface area contributed by atoms with Gasteiger partial charge in [-0.25, -0.2) is 15.8 Å². The molecule has 0 aliphatic rings. The molecule has 0 amide bonds. The van der Waals surface area contributed by atoms with Gasteiger partial charge in [-0.2, -0.15) is 0 Å². The first-order valence-corrected chi connectivity index (χ1v) is 3.97. The largest absolute Gasteiger partial charge is 0.398 e. The van der Waals surface area contributed by atoms with Crippen molar-refractivity contribution in [2.24, 2.45) is 16.7 Å². The van der Waals surface area contributed by atoms with Crippen LogP contribution in [0.15, 0.2) is 17.2 Å². The highest BCUT2D eigenvalue weighted by molar-refractivity contribution is 6.33. The lowest BCUT2D eigenvalue weighted by Crippen LogP contribution is -2.24. The molecule has 0 fully saturated rings. The maximum absolute atomic E-state index is 13.2. The second-order valence-electron chi connectivity index (χ2n) is 2.48. The van der Waals surface area contributed by atoms with Crippen LogP contribution in [0, 0.1) is 5.82 Å². The van der Waals surface area contributed by atoms with Crippen molar-refractivity contribution in [3.05, 3.63) is 28.5 Å². The lowest BCUT2D eigenvalue weighted by Gasteiger charge is -2.05. The van der Waals surface area contributed by atoms with Gasteiger partial charge in [-0.05, 0) is 12.1 Å². The summed E-state index contributed by atoms with van der Waals surface area (Å²) in [5.41, 5.74) is 13.1. The zero-order valence-electron chi connectivity index (χ0n) is 7.09. The van der Waals surface area contributed by atoms with E-state index in [4.69, 9.17) is 28.9 Å². The van der Waals surface area contributed by atoms with Gasteiger partial charge < -0.3 is 11.5 Å².